The summed E-state index contributed by atoms with van der Waals surface area (Å²) in [7, 11) is -3.68. The summed E-state index contributed by atoms with van der Waals surface area (Å²) in [4.78, 5) is 11.9. The van der Waals surface area contributed by atoms with E-state index >= 15 is 0 Å². The Labute approximate surface area is 212 Å². The third kappa shape index (κ3) is 4.99. The molecule has 0 amide bonds. The average molecular weight is 529 g/mol. The van der Waals surface area contributed by atoms with Gasteiger partial charge in [-0.05, 0) is 53.8 Å². The fourth-order valence-electron chi connectivity index (χ4n) is 4.50. The van der Waals surface area contributed by atoms with Crippen molar-refractivity contribution in [3.05, 3.63) is 78.6 Å². The summed E-state index contributed by atoms with van der Waals surface area (Å²) in [5, 5.41) is 0. The summed E-state index contributed by atoms with van der Waals surface area (Å²) >= 11 is 0. The van der Waals surface area contributed by atoms with Gasteiger partial charge in [-0.15, -0.1) is 0 Å². The zero-order valence-electron chi connectivity index (χ0n) is 19.8. The van der Waals surface area contributed by atoms with Crippen LogP contribution in [0.15, 0.2) is 78.0 Å². The topological polar surface area (TPSA) is 68.1 Å². The number of carbonyl (C=O) groups excluding carboxylic acids is 1. The second-order valence-corrected chi connectivity index (χ2v) is 10.9. The van der Waals surface area contributed by atoms with Gasteiger partial charge in [0.25, 0.3) is 0 Å². The molecule has 0 radical (unpaired) electrons. The highest BCUT2D eigenvalue weighted by Gasteiger charge is 2.31. The van der Waals surface area contributed by atoms with E-state index in [9.17, 15) is 26.4 Å². The molecule has 0 spiro atoms. The summed E-state index contributed by atoms with van der Waals surface area (Å²) in [5.74, 6) is -0.348. The number of rotatable bonds is 5. The molecule has 0 unspecified atom stereocenters. The fourth-order valence-corrected chi connectivity index (χ4v) is 6.05. The van der Waals surface area contributed by atoms with E-state index in [4.69, 9.17) is 4.74 Å². The maximum atomic E-state index is 13.1. The van der Waals surface area contributed by atoms with E-state index in [0.29, 0.717) is 40.9 Å². The molecule has 2 aromatic carbocycles. The summed E-state index contributed by atoms with van der Waals surface area (Å²) in [6, 6.07) is 15.1. The lowest BCUT2D eigenvalue weighted by molar-refractivity contribution is -0.137. The molecule has 0 atom stereocenters. The van der Waals surface area contributed by atoms with Gasteiger partial charge < -0.3 is 9.14 Å². The van der Waals surface area contributed by atoms with E-state index in [-0.39, 0.29) is 10.6 Å². The first kappa shape index (κ1) is 25.0. The first-order valence-electron chi connectivity index (χ1n) is 11.6. The predicted molar refractivity (Wildman–Crippen MR) is 133 cm³/mol. The molecule has 10 heteroatoms. The van der Waals surface area contributed by atoms with Gasteiger partial charge in [-0.2, -0.15) is 17.5 Å². The van der Waals surface area contributed by atoms with Crippen LogP contribution in [0.1, 0.15) is 25.3 Å². The molecule has 5 rings (SSSR count). The maximum absolute atomic E-state index is 13.1. The molecule has 0 N–H and O–H groups in total. The van der Waals surface area contributed by atoms with Gasteiger partial charge in [-0.1, -0.05) is 36.4 Å². The van der Waals surface area contributed by atoms with Crippen LogP contribution in [0, 0.1) is 0 Å². The number of benzene rings is 2. The maximum Gasteiger partial charge on any atom is 0.416 e. The highest BCUT2D eigenvalue weighted by Crippen LogP contribution is 2.35. The van der Waals surface area contributed by atoms with Gasteiger partial charge in [0.05, 0.1) is 11.1 Å². The van der Waals surface area contributed by atoms with Crippen molar-refractivity contribution in [3.8, 4) is 28.0 Å². The predicted octanol–water partition coefficient (Wildman–Crippen LogP) is 6.00. The van der Waals surface area contributed by atoms with Crippen molar-refractivity contribution in [2.45, 2.75) is 30.8 Å². The number of halogens is 3. The number of ether oxygens (including phenoxy) is 1. The van der Waals surface area contributed by atoms with Crippen LogP contribution in [0.25, 0.3) is 27.8 Å². The van der Waals surface area contributed by atoms with Crippen molar-refractivity contribution in [1.29, 1.82) is 0 Å². The first-order valence-corrected chi connectivity index (χ1v) is 13.1. The summed E-state index contributed by atoms with van der Waals surface area (Å²) < 4.78 is 74.0. The molecule has 3 heterocycles. The van der Waals surface area contributed by atoms with Crippen molar-refractivity contribution in [2.24, 2.45) is 0 Å². The number of sulfonamides is 1. The Morgan fingerprint density at radius 2 is 1.51 bits per heavy atom. The average Bonchev–Trinajstić information content (AvgIpc) is 3.55. The molecule has 192 valence electrons. The van der Waals surface area contributed by atoms with Gasteiger partial charge in [0.15, 0.2) is 5.75 Å². The molecular formula is C27H23F3N2O4S. The number of fused-ring (bicyclic) bond motifs is 1. The molecule has 1 fully saturated rings. The van der Waals surface area contributed by atoms with E-state index in [0.717, 1.165) is 25.0 Å². The third-order valence-corrected chi connectivity index (χ3v) is 8.20. The lowest BCUT2D eigenvalue weighted by atomic mass is 9.99. The standard InChI is InChI=1S/C27H23F3N2O4S/c1-18(33)36-26-14-22(16-31-17-24(15-25(26)31)37(34,35)32-11-2-3-12-32)20-9-7-19(8-10-20)21-5-4-6-23(13-21)27(28,29)30/h4-10,13-17H,2-3,11-12H2,1H3. The number of hydrogen-bond acceptors (Lipinski definition) is 4. The molecule has 1 saturated heterocycles. The number of hydrogen-bond donors (Lipinski definition) is 0. The number of pyridine rings is 1. The van der Waals surface area contributed by atoms with Crippen LogP contribution in [0.4, 0.5) is 13.2 Å². The van der Waals surface area contributed by atoms with Gasteiger partial charge in [-0.3, -0.25) is 4.79 Å². The van der Waals surface area contributed by atoms with Gasteiger partial charge in [0.1, 0.15) is 4.90 Å². The molecular weight excluding hydrogens is 505 g/mol. The third-order valence-electron chi connectivity index (χ3n) is 6.34. The summed E-state index contributed by atoms with van der Waals surface area (Å²) in [5.41, 5.74) is 2.09. The van der Waals surface area contributed by atoms with Crippen molar-refractivity contribution >= 4 is 21.5 Å². The van der Waals surface area contributed by atoms with Crippen LogP contribution in [0.3, 0.4) is 0 Å². The fraction of sp³-hybridized carbons (Fsp3) is 0.222. The van der Waals surface area contributed by atoms with E-state index < -0.39 is 27.7 Å². The Bertz CT molecular complexity index is 1590. The Morgan fingerprint density at radius 1 is 0.865 bits per heavy atom. The minimum atomic E-state index is -4.43. The molecule has 4 aromatic rings. The lowest BCUT2D eigenvalue weighted by Crippen LogP contribution is -2.27. The van der Waals surface area contributed by atoms with Crippen LogP contribution >= 0.6 is 0 Å². The van der Waals surface area contributed by atoms with Gasteiger partial charge in [-0.25, -0.2) is 8.42 Å². The molecule has 6 nitrogen and oxygen atoms in total. The Hall–Kier alpha value is -3.63. The molecule has 1 aliphatic rings. The van der Waals surface area contributed by atoms with E-state index in [1.165, 1.54) is 29.6 Å². The SMILES string of the molecule is CC(=O)Oc1cc(-c2ccc(-c3cccc(C(F)(F)F)c3)cc2)cn2cc(S(=O)(=O)N3CCCC3)cc12. The van der Waals surface area contributed by atoms with Gasteiger partial charge in [0.2, 0.25) is 10.0 Å². The molecule has 1 aliphatic heterocycles. The molecule has 0 aliphatic carbocycles. The Kier molecular flexibility index (Phi) is 6.33. The number of alkyl halides is 3. The molecule has 37 heavy (non-hydrogen) atoms. The van der Waals surface area contributed by atoms with Crippen LogP contribution in [0.5, 0.6) is 5.75 Å². The molecule has 2 aromatic heterocycles. The summed E-state index contributed by atoms with van der Waals surface area (Å²) in [6.45, 7) is 2.20. The molecule has 0 bridgehead atoms. The number of esters is 1. The number of carbonyl (C=O) groups is 1. The minimum Gasteiger partial charge on any atom is -0.424 e. The Balaban J connectivity index is 1.54. The van der Waals surface area contributed by atoms with Gasteiger partial charge in [0, 0.05) is 38.0 Å². The molecule has 0 saturated carbocycles. The second kappa shape index (κ2) is 9.35. The van der Waals surface area contributed by atoms with Crippen molar-refractivity contribution in [2.75, 3.05) is 13.1 Å². The van der Waals surface area contributed by atoms with Crippen LogP contribution in [0.2, 0.25) is 0 Å². The van der Waals surface area contributed by atoms with E-state index in [2.05, 4.69) is 0 Å². The van der Waals surface area contributed by atoms with Crippen LogP contribution in [-0.4, -0.2) is 36.2 Å². The van der Waals surface area contributed by atoms with Gasteiger partial charge >= 0.3 is 12.1 Å². The quantitative estimate of drug-likeness (QED) is 0.298. The highest BCUT2D eigenvalue weighted by molar-refractivity contribution is 7.89. The van der Waals surface area contributed by atoms with Crippen molar-refractivity contribution in [3.63, 3.8) is 0 Å². The first-order chi connectivity index (χ1) is 17.5. The Morgan fingerprint density at radius 3 is 2.14 bits per heavy atom. The lowest BCUT2D eigenvalue weighted by Gasteiger charge is -2.13. The largest absolute Gasteiger partial charge is 0.424 e. The minimum absolute atomic E-state index is 0.111. The number of nitrogens with zero attached hydrogens (tertiary/aromatic N) is 2. The normalized spacial score (nSPS) is 14.8. The highest BCUT2D eigenvalue weighted by atomic mass is 32.2. The van der Waals surface area contributed by atoms with Crippen LogP contribution in [-0.2, 0) is 21.0 Å². The zero-order valence-corrected chi connectivity index (χ0v) is 20.6. The second-order valence-electron chi connectivity index (χ2n) is 8.92. The van der Waals surface area contributed by atoms with Crippen molar-refractivity contribution in [1.82, 2.24) is 8.71 Å². The number of aromatic nitrogens is 1. The van der Waals surface area contributed by atoms with E-state index in [1.807, 2.05) is 0 Å². The smallest absolute Gasteiger partial charge is 0.416 e. The summed E-state index contributed by atoms with van der Waals surface area (Å²) in [6.07, 6.45) is 0.412. The van der Waals surface area contributed by atoms with E-state index in [1.54, 1.807) is 47.0 Å². The van der Waals surface area contributed by atoms with Crippen molar-refractivity contribution < 1.29 is 31.1 Å². The monoisotopic (exact) mass is 528 g/mol. The zero-order chi connectivity index (χ0) is 26.4. The van der Waals surface area contributed by atoms with Crippen LogP contribution < -0.4 is 4.74 Å².